The van der Waals surface area contributed by atoms with Gasteiger partial charge >= 0.3 is 0 Å². The normalized spacial score (nSPS) is 11.8. The van der Waals surface area contributed by atoms with E-state index in [4.69, 9.17) is 9.97 Å². The molecule has 0 atom stereocenters. The third kappa shape index (κ3) is 6.34. The second-order valence-electron chi connectivity index (χ2n) is 13.2. The SMILES string of the molecule is Cc1cc(-c2ccccc2)ncc1-c1ccccc1-c1cc(-c2ccccc2-c2cnc(-c3ccccc3)cc2C)cc(S(C)(C)C)c1. The van der Waals surface area contributed by atoms with Gasteiger partial charge in [-0.05, 0) is 112 Å². The molecule has 0 aliphatic heterocycles. The van der Waals surface area contributed by atoms with Gasteiger partial charge in [0.25, 0.3) is 0 Å². The van der Waals surface area contributed by atoms with Crippen LogP contribution in [0.3, 0.4) is 0 Å². The van der Waals surface area contributed by atoms with E-state index in [9.17, 15) is 0 Å². The average Bonchev–Trinajstić information content (AvgIpc) is 3.12. The van der Waals surface area contributed by atoms with Crippen LogP contribution in [0.1, 0.15) is 11.1 Å². The van der Waals surface area contributed by atoms with Crippen LogP contribution in [0.5, 0.6) is 0 Å². The van der Waals surface area contributed by atoms with Crippen molar-refractivity contribution in [1.29, 1.82) is 0 Å². The van der Waals surface area contributed by atoms with E-state index in [1.54, 1.807) is 0 Å². The quantitative estimate of drug-likeness (QED) is 0.173. The fourth-order valence-electron chi connectivity index (χ4n) is 6.41. The van der Waals surface area contributed by atoms with Crippen molar-refractivity contribution in [3.8, 4) is 67.0 Å². The van der Waals surface area contributed by atoms with Gasteiger partial charge < -0.3 is 0 Å². The lowest BCUT2D eigenvalue weighted by Gasteiger charge is -2.28. The van der Waals surface area contributed by atoms with E-state index in [1.807, 2.05) is 24.5 Å². The van der Waals surface area contributed by atoms with E-state index in [0.717, 1.165) is 33.6 Å². The van der Waals surface area contributed by atoms with Crippen LogP contribution < -0.4 is 0 Å². The first-order valence-electron chi connectivity index (χ1n) is 16.3. The van der Waals surface area contributed by atoms with Gasteiger partial charge in [-0.3, -0.25) is 9.97 Å². The van der Waals surface area contributed by atoms with Crippen molar-refractivity contribution in [3.05, 3.63) is 163 Å². The Bertz CT molecular complexity index is 2080. The molecule has 0 saturated carbocycles. The average molecular weight is 641 g/mol. The Balaban J connectivity index is 1.35. The van der Waals surface area contributed by atoms with Gasteiger partial charge in [-0.25, -0.2) is 10.0 Å². The van der Waals surface area contributed by atoms with Crippen LogP contribution in [0.25, 0.3) is 67.0 Å². The monoisotopic (exact) mass is 640 g/mol. The minimum atomic E-state index is -1.03. The highest BCUT2D eigenvalue weighted by Gasteiger charge is 2.18. The topological polar surface area (TPSA) is 25.8 Å². The minimum absolute atomic E-state index is 0.994. The molecule has 7 aromatic rings. The first-order valence-corrected chi connectivity index (χ1v) is 19.2. The number of benzene rings is 5. The van der Waals surface area contributed by atoms with Gasteiger partial charge in [0.2, 0.25) is 0 Å². The van der Waals surface area contributed by atoms with Gasteiger partial charge in [0.1, 0.15) is 0 Å². The number of aromatic nitrogens is 2. The fraction of sp³-hybridized carbons (Fsp3) is 0.111. The smallest absolute Gasteiger partial charge is 0.0705 e. The molecule has 0 radical (unpaired) electrons. The molecular weight excluding hydrogens is 601 g/mol. The molecule has 0 amide bonds. The molecule has 0 fully saturated rings. The van der Waals surface area contributed by atoms with Crippen LogP contribution in [0.4, 0.5) is 0 Å². The van der Waals surface area contributed by atoms with E-state index in [0.29, 0.717) is 0 Å². The second kappa shape index (κ2) is 13.1. The largest absolute Gasteiger partial charge is 0.256 e. The van der Waals surface area contributed by atoms with E-state index in [-0.39, 0.29) is 0 Å². The molecule has 0 aliphatic rings. The zero-order chi connectivity index (χ0) is 33.3. The zero-order valence-corrected chi connectivity index (χ0v) is 29.1. The second-order valence-corrected chi connectivity index (χ2v) is 17.3. The molecule has 0 bridgehead atoms. The molecular formula is C45H40N2S. The standard InChI is InChI=1S/C45H40N2S/c1-31-24-44(33-16-8-6-9-17-33)46-29-42(31)40-22-14-12-20-38(40)35-26-36(28-37(27-35)48(3,4)5)39-21-13-15-23-41(39)43-30-47-45(25-32(43)2)34-18-10-7-11-19-34/h6-30H,1-5H3. The summed E-state index contributed by atoms with van der Waals surface area (Å²) in [4.78, 5) is 11.2. The van der Waals surface area contributed by atoms with Gasteiger partial charge in [-0.2, -0.15) is 0 Å². The summed E-state index contributed by atoms with van der Waals surface area (Å²) in [7, 11) is -1.03. The molecule has 0 unspecified atom stereocenters. The molecule has 2 aromatic heterocycles. The predicted octanol–water partition coefficient (Wildman–Crippen LogP) is 12.1. The lowest BCUT2D eigenvalue weighted by molar-refractivity contribution is 1.28. The maximum atomic E-state index is 4.92. The number of pyridine rings is 2. The van der Waals surface area contributed by atoms with Crippen LogP contribution in [0.15, 0.2) is 157 Å². The van der Waals surface area contributed by atoms with Crippen LogP contribution in [-0.2, 0) is 0 Å². The summed E-state index contributed by atoms with van der Waals surface area (Å²) in [6.45, 7) is 4.38. The summed E-state index contributed by atoms with van der Waals surface area (Å²) in [5.74, 6) is 0. The van der Waals surface area contributed by atoms with Gasteiger partial charge in [-0.15, -0.1) is 0 Å². The number of nitrogens with zero attached hydrogens (tertiary/aromatic N) is 2. The lowest BCUT2D eigenvalue weighted by Crippen LogP contribution is -1.97. The Morgan fingerprint density at radius 1 is 0.375 bits per heavy atom. The summed E-state index contributed by atoms with van der Waals surface area (Å²) in [5, 5.41) is 0. The van der Waals surface area contributed by atoms with Gasteiger partial charge in [0.05, 0.1) is 11.4 Å². The van der Waals surface area contributed by atoms with Crippen molar-refractivity contribution in [2.45, 2.75) is 18.7 Å². The van der Waals surface area contributed by atoms with Crippen molar-refractivity contribution in [2.24, 2.45) is 0 Å². The molecule has 2 heterocycles. The molecule has 3 heteroatoms. The highest BCUT2D eigenvalue weighted by molar-refractivity contribution is 8.32. The zero-order valence-electron chi connectivity index (χ0n) is 28.2. The van der Waals surface area contributed by atoms with Gasteiger partial charge in [0, 0.05) is 34.6 Å². The summed E-state index contributed by atoms with van der Waals surface area (Å²) in [5.41, 5.74) is 16.2. The van der Waals surface area contributed by atoms with Crippen LogP contribution in [0, 0.1) is 13.8 Å². The van der Waals surface area contributed by atoms with E-state index < -0.39 is 10.0 Å². The molecule has 2 nitrogen and oxygen atoms in total. The van der Waals surface area contributed by atoms with Crippen molar-refractivity contribution in [1.82, 2.24) is 9.97 Å². The summed E-state index contributed by atoms with van der Waals surface area (Å²) < 4.78 is 0. The first kappa shape index (κ1) is 31.4. The molecule has 48 heavy (non-hydrogen) atoms. The van der Waals surface area contributed by atoms with Gasteiger partial charge in [0.15, 0.2) is 0 Å². The minimum Gasteiger partial charge on any atom is -0.256 e. The number of aryl methyl sites for hydroxylation is 2. The van der Waals surface area contributed by atoms with E-state index >= 15 is 0 Å². The van der Waals surface area contributed by atoms with Gasteiger partial charge in [-0.1, -0.05) is 109 Å². The molecule has 0 spiro atoms. The summed E-state index contributed by atoms with van der Waals surface area (Å²) in [6.07, 6.45) is 11.2. The van der Waals surface area contributed by atoms with Crippen LogP contribution in [0.2, 0.25) is 0 Å². The van der Waals surface area contributed by atoms with Crippen LogP contribution >= 0.6 is 10.0 Å². The third-order valence-corrected chi connectivity index (χ3v) is 10.7. The predicted molar refractivity (Wildman–Crippen MR) is 208 cm³/mol. The third-order valence-electron chi connectivity index (χ3n) is 9.03. The van der Waals surface area contributed by atoms with Crippen molar-refractivity contribution in [3.63, 3.8) is 0 Å². The molecule has 7 rings (SSSR count). The number of hydrogen-bond donors (Lipinski definition) is 0. The molecule has 0 saturated heterocycles. The highest BCUT2D eigenvalue weighted by atomic mass is 32.3. The summed E-state index contributed by atoms with van der Waals surface area (Å²) >= 11 is 0. The maximum Gasteiger partial charge on any atom is 0.0705 e. The molecule has 236 valence electrons. The number of hydrogen-bond acceptors (Lipinski definition) is 2. The molecule has 5 aromatic carbocycles. The van der Waals surface area contributed by atoms with Crippen molar-refractivity contribution >= 4 is 10.0 Å². The van der Waals surface area contributed by atoms with Crippen molar-refractivity contribution < 1.29 is 0 Å². The highest BCUT2D eigenvalue weighted by Crippen LogP contribution is 2.49. The summed E-state index contributed by atoms with van der Waals surface area (Å²) in [6, 6.07) is 49.9. The molecule has 0 aliphatic carbocycles. The van der Waals surface area contributed by atoms with Crippen LogP contribution in [-0.4, -0.2) is 28.7 Å². The fourth-order valence-corrected chi connectivity index (χ4v) is 7.37. The number of rotatable bonds is 7. The lowest BCUT2D eigenvalue weighted by atomic mass is 9.89. The van der Waals surface area contributed by atoms with E-state index in [1.165, 1.54) is 49.4 Å². The first-order chi connectivity index (χ1) is 23.3. The van der Waals surface area contributed by atoms with E-state index in [2.05, 4.69) is 160 Å². The Labute approximate surface area is 286 Å². The Morgan fingerprint density at radius 2 is 0.750 bits per heavy atom. The Kier molecular flexibility index (Phi) is 8.56. The Hall–Kier alpha value is -5.25. The maximum absolute atomic E-state index is 4.92. The Morgan fingerprint density at radius 3 is 1.12 bits per heavy atom. The van der Waals surface area contributed by atoms with Crippen molar-refractivity contribution in [2.75, 3.05) is 18.8 Å². The molecule has 0 N–H and O–H groups in total.